The largest absolute Gasteiger partial charge is 0.497 e. The number of ether oxygens (including phenoxy) is 2. The molecule has 184 valence electrons. The molecular weight excluding hydrogens is 449 g/mol. The van der Waals surface area contributed by atoms with E-state index < -0.39 is 11.8 Å². The molecule has 2 amide bonds. The van der Waals surface area contributed by atoms with Crippen LogP contribution in [0.4, 0.5) is 32.3 Å². The summed E-state index contributed by atoms with van der Waals surface area (Å²) in [6.45, 7) is 0.146. The normalized spacial score (nSPS) is 14.7. The van der Waals surface area contributed by atoms with Crippen LogP contribution in [0.15, 0.2) is 48.7 Å². The van der Waals surface area contributed by atoms with Crippen LogP contribution in [0.25, 0.3) is 0 Å². The number of anilines is 4. The number of benzene rings is 2. The van der Waals surface area contributed by atoms with Gasteiger partial charge in [0.2, 0.25) is 5.95 Å². The van der Waals surface area contributed by atoms with Gasteiger partial charge in [-0.2, -0.15) is 4.98 Å². The van der Waals surface area contributed by atoms with E-state index in [1.54, 1.807) is 19.4 Å². The second-order valence-corrected chi connectivity index (χ2v) is 8.38. The minimum Gasteiger partial charge on any atom is -0.497 e. The van der Waals surface area contributed by atoms with E-state index >= 15 is 0 Å². The van der Waals surface area contributed by atoms with E-state index in [0.717, 1.165) is 11.4 Å². The van der Waals surface area contributed by atoms with Crippen LogP contribution in [-0.4, -0.2) is 30.2 Å². The van der Waals surface area contributed by atoms with E-state index in [1.165, 1.54) is 62.7 Å². The number of hydrogen-bond acceptors (Lipinski definition) is 6. The van der Waals surface area contributed by atoms with Crippen molar-refractivity contribution in [2.75, 3.05) is 29.8 Å². The molecule has 0 unspecified atom stereocenters. The van der Waals surface area contributed by atoms with Crippen molar-refractivity contribution < 1.29 is 18.7 Å². The van der Waals surface area contributed by atoms with Crippen LogP contribution in [0.2, 0.25) is 0 Å². The van der Waals surface area contributed by atoms with Gasteiger partial charge in [-0.1, -0.05) is 38.5 Å². The first-order valence-corrected chi connectivity index (χ1v) is 11.8. The SMILES string of the molecule is C1CCCCC1.COc1ccc(Nc2ncc3c(n2)NC(=O)N(c2ccc(OC)cc2F)C3)cc1. The minimum atomic E-state index is -0.554. The predicted molar refractivity (Wildman–Crippen MR) is 134 cm³/mol. The van der Waals surface area contributed by atoms with Crippen molar-refractivity contribution >= 4 is 29.2 Å². The number of nitrogens with one attached hydrogen (secondary N) is 2. The lowest BCUT2D eigenvalue weighted by molar-refractivity contribution is 0.255. The topological polar surface area (TPSA) is 88.6 Å². The first-order chi connectivity index (χ1) is 17.1. The van der Waals surface area contributed by atoms with Crippen molar-refractivity contribution in [3.8, 4) is 11.5 Å². The van der Waals surface area contributed by atoms with Gasteiger partial charge in [-0.3, -0.25) is 10.2 Å². The molecule has 8 nitrogen and oxygen atoms in total. The molecule has 35 heavy (non-hydrogen) atoms. The smallest absolute Gasteiger partial charge is 0.327 e. The lowest BCUT2D eigenvalue weighted by atomic mass is 10.0. The van der Waals surface area contributed by atoms with E-state index in [-0.39, 0.29) is 12.2 Å². The number of rotatable bonds is 5. The summed E-state index contributed by atoms with van der Waals surface area (Å²) in [5.41, 5.74) is 1.59. The average molecular weight is 480 g/mol. The van der Waals surface area contributed by atoms with E-state index in [2.05, 4.69) is 20.6 Å². The molecule has 0 radical (unpaired) electrons. The van der Waals surface area contributed by atoms with Crippen molar-refractivity contribution in [3.63, 3.8) is 0 Å². The van der Waals surface area contributed by atoms with Gasteiger partial charge in [0, 0.05) is 23.5 Å². The molecule has 3 aromatic rings. The highest BCUT2D eigenvalue weighted by Gasteiger charge is 2.27. The molecule has 0 spiro atoms. The van der Waals surface area contributed by atoms with Gasteiger partial charge in [0.1, 0.15) is 17.3 Å². The third-order valence-corrected chi connectivity index (χ3v) is 5.96. The fraction of sp³-hybridized carbons (Fsp3) is 0.346. The van der Waals surface area contributed by atoms with Crippen LogP contribution in [0.1, 0.15) is 44.1 Å². The van der Waals surface area contributed by atoms with Crippen LogP contribution in [0, 0.1) is 5.82 Å². The number of methoxy groups -OCH3 is 2. The highest BCUT2D eigenvalue weighted by Crippen LogP contribution is 2.30. The Balaban J connectivity index is 0.000000421. The van der Waals surface area contributed by atoms with Crippen LogP contribution >= 0.6 is 0 Å². The van der Waals surface area contributed by atoms with Crippen LogP contribution < -0.4 is 25.0 Å². The van der Waals surface area contributed by atoms with Gasteiger partial charge in [0.15, 0.2) is 5.82 Å². The maximum Gasteiger partial charge on any atom is 0.327 e. The zero-order chi connectivity index (χ0) is 24.6. The number of carbonyl (C=O) groups is 1. The number of halogens is 1. The summed E-state index contributed by atoms with van der Waals surface area (Å²) in [5, 5.41) is 5.75. The lowest BCUT2D eigenvalue weighted by Gasteiger charge is -2.29. The van der Waals surface area contributed by atoms with Crippen molar-refractivity contribution in [1.29, 1.82) is 0 Å². The maximum atomic E-state index is 14.4. The number of nitrogens with zero attached hydrogens (tertiary/aromatic N) is 3. The molecule has 5 rings (SSSR count). The first kappa shape index (κ1) is 24.3. The molecule has 2 heterocycles. The zero-order valence-corrected chi connectivity index (χ0v) is 20.0. The molecule has 1 aromatic heterocycles. The van der Waals surface area contributed by atoms with Crippen LogP contribution in [0.5, 0.6) is 11.5 Å². The zero-order valence-electron chi connectivity index (χ0n) is 20.0. The van der Waals surface area contributed by atoms with E-state index in [4.69, 9.17) is 9.47 Å². The number of amides is 2. The summed E-state index contributed by atoms with van der Waals surface area (Å²) in [7, 11) is 3.05. The van der Waals surface area contributed by atoms with Crippen molar-refractivity contribution in [1.82, 2.24) is 9.97 Å². The van der Waals surface area contributed by atoms with E-state index in [1.807, 2.05) is 24.3 Å². The number of urea groups is 1. The summed E-state index contributed by atoms with van der Waals surface area (Å²) in [5.74, 6) is 1.27. The van der Waals surface area contributed by atoms with Crippen LogP contribution in [-0.2, 0) is 6.54 Å². The van der Waals surface area contributed by atoms with Crippen molar-refractivity contribution in [3.05, 3.63) is 60.0 Å². The second kappa shape index (κ2) is 11.5. The molecule has 0 bridgehead atoms. The Morgan fingerprint density at radius 2 is 1.57 bits per heavy atom. The van der Waals surface area contributed by atoms with Gasteiger partial charge in [0.25, 0.3) is 0 Å². The average Bonchev–Trinajstić information content (AvgIpc) is 2.90. The number of carbonyl (C=O) groups excluding carboxylic acids is 1. The van der Waals surface area contributed by atoms with Gasteiger partial charge in [-0.15, -0.1) is 0 Å². The standard InChI is InChI=1S/C20H18FN5O3.C6H12/c1-28-14-5-3-13(4-6-14)23-19-22-10-12-11-26(20(27)25-18(12)24-19)17-8-7-15(29-2)9-16(17)21;1-2-4-6-5-3-1/h3-10H,11H2,1-2H3,(H2,22,23,24,25,27);1-6H2. The Kier molecular flexibility index (Phi) is 7.97. The molecule has 9 heteroatoms. The second-order valence-electron chi connectivity index (χ2n) is 8.38. The highest BCUT2D eigenvalue weighted by atomic mass is 19.1. The highest BCUT2D eigenvalue weighted by molar-refractivity contribution is 6.03. The summed E-state index contributed by atoms with van der Waals surface area (Å²) in [4.78, 5) is 22.5. The summed E-state index contributed by atoms with van der Waals surface area (Å²) in [6, 6.07) is 11.1. The molecule has 0 atom stereocenters. The molecule has 2 aliphatic rings. The molecule has 0 saturated heterocycles. The molecule has 2 N–H and O–H groups in total. The molecule has 1 saturated carbocycles. The summed E-state index contributed by atoms with van der Waals surface area (Å²) >= 11 is 0. The third-order valence-electron chi connectivity index (χ3n) is 5.96. The van der Waals surface area contributed by atoms with Crippen LogP contribution in [0.3, 0.4) is 0 Å². The Labute approximate surface area is 204 Å². The van der Waals surface area contributed by atoms with Crippen molar-refractivity contribution in [2.24, 2.45) is 0 Å². The van der Waals surface area contributed by atoms with Gasteiger partial charge < -0.3 is 14.8 Å². The Morgan fingerprint density at radius 3 is 2.17 bits per heavy atom. The van der Waals surface area contributed by atoms with Crippen molar-refractivity contribution in [2.45, 2.75) is 45.1 Å². The molecule has 2 aromatic carbocycles. The van der Waals surface area contributed by atoms with Gasteiger partial charge in [-0.05, 0) is 36.4 Å². The number of aromatic nitrogens is 2. The Morgan fingerprint density at radius 1 is 0.943 bits per heavy atom. The minimum absolute atomic E-state index is 0.146. The quantitative estimate of drug-likeness (QED) is 0.448. The fourth-order valence-corrected chi connectivity index (χ4v) is 3.99. The Bertz CT molecular complexity index is 1140. The predicted octanol–water partition coefficient (Wildman–Crippen LogP) is 6.27. The van der Waals surface area contributed by atoms with Gasteiger partial charge in [-0.25, -0.2) is 14.2 Å². The molecule has 1 fully saturated rings. The molecule has 1 aliphatic carbocycles. The number of fused-ring (bicyclic) bond motifs is 1. The lowest BCUT2D eigenvalue weighted by Crippen LogP contribution is -2.39. The molecular formula is C26H30FN5O3. The van der Waals surface area contributed by atoms with Gasteiger partial charge in [0.05, 0.1) is 26.5 Å². The van der Waals surface area contributed by atoms with E-state index in [0.29, 0.717) is 23.1 Å². The molecule has 1 aliphatic heterocycles. The fourth-order valence-electron chi connectivity index (χ4n) is 3.99. The monoisotopic (exact) mass is 479 g/mol. The maximum absolute atomic E-state index is 14.4. The van der Waals surface area contributed by atoms with Gasteiger partial charge >= 0.3 is 6.03 Å². The Hall–Kier alpha value is -3.88. The summed E-state index contributed by atoms with van der Waals surface area (Å²) < 4.78 is 24.5. The number of hydrogen-bond donors (Lipinski definition) is 2. The van der Waals surface area contributed by atoms with E-state index in [9.17, 15) is 9.18 Å². The summed E-state index contributed by atoms with van der Waals surface area (Å²) in [6.07, 6.45) is 10.6. The third kappa shape index (κ3) is 6.17. The first-order valence-electron chi connectivity index (χ1n) is 11.8.